The lowest BCUT2D eigenvalue weighted by Crippen LogP contribution is -2.39. The summed E-state index contributed by atoms with van der Waals surface area (Å²) in [7, 11) is 0. The number of aromatic carboxylic acids is 1. The fourth-order valence-corrected chi connectivity index (χ4v) is 2.01. The van der Waals surface area contributed by atoms with E-state index in [0.29, 0.717) is 0 Å². The average Bonchev–Trinajstić information content (AvgIpc) is 2.99. The SMILES string of the molecule is N[C@@H](Cn1cccn1)C(=O)Nc1nc(C(=O)O)cs1. The molecule has 0 radical (unpaired) electrons. The molecule has 0 unspecified atom stereocenters. The van der Waals surface area contributed by atoms with Gasteiger partial charge in [-0.3, -0.25) is 9.48 Å². The smallest absolute Gasteiger partial charge is 0.355 e. The second-order valence-corrected chi connectivity index (χ2v) is 4.53. The highest BCUT2D eigenvalue weighted by Crippen LogP contribution is 2.15. The van der Waals surface area contributed by atoms with Gasteiger partial charge in [-0.15, -0.1) is 11.3 Å². The lowest BCUT2D eigenvalue weighted by molar-refractivity contribution is -0.117. The standard InChI is InChI=1S/C10H11N5O3S/c11-6(4-15-3-1-2-12-15)8(16)14-10-13-7(5-19-10)9(17)18/h1-3,5-6H,4,11H2,(H,17,18)(H,13,14,16)/t6-/m0/s1. The molecule has 0 saturated carbocycles. The van der Waals surface area contributed by atoms with E-state index in [9.17, 15) is 9.59 Å². The number of hydrogen-bond donors (Lipinski definition) is 3. The molecule has 2 aromatic heterocycles. The molecule has 4 N–H and O–H groups in total. The van der Waals surface area contributed by atoms with E-state index in [1.54, 1.807) is 18.5 Å². The van der Waals surface area contributed by atoms with Gasteiger partial charge in [0.25, 0.3) is 0 Å². The van der Waals surface area contributed by atoms with Gasteiger partial charge in [-0.2, -0.15) is 5.10 Å². The van der Waals surface area contributed by atoms with Crippen molar-refractivity contribution in [2.24, 2.45) is 5.73 Å². The molecule has 2 aromatic rings. The summed E-state index contributed by atoms with van der Waals surface area (Å²) in [6.45, 7) is 0.232. The van der Waals surface area contributed by atoms with Crippen molar-refractivity contribution in [3.8, 4) is 0 Å². The molecule has 100 valence electrons. The normalized spacial score (nSPS) is 12.1. The van der Waals surface area contributed by atoms with Crippen LogP contribution < -0.4 is 11.1 Å². The summed E-state index contributed by atoms with van der Waals surface area (Å²) >= 11 is 1.03. The molecular formula is C10H11N5O3S. The number of amides is 1. The summed E-state index contributed by atoms with van der Waals surface area (Å²) in [4.78, 5) is 26.1. The van der Waals surface area contributed by atoms with Crippen molar-refractivity contribution in [3.05, 3.63) is 29.5 Å². The fraction of sp³-hybridized carbons (Fsp3) is 0.200. The lowest BCUT2D eigenvalue weighted by Gasteiger charge is -2.10. The number of carboxylic acid groups (broad SMARTS) is 1. The molecule has 1 amide bonds. The van der Waals surface area contributed by atoms with Gasteiger partial charge in [-0.1, -0.05) is 0 Å². The van der Waals surface area contributed by atoms with E-state index in [2.05, 4.69) is 15.4 Å². The van der Waals surface area contributed by atoms with Crippen molar-refractivity contribution in [2.75, 3.05) is 5.32 Å². The minimum absolute atomic E-state index is 0.110. The molecule has 0 fully saturated rings. The van der Waals surface area contributed by atoms with Crippen LogP contribution in [0.25, 0.3) is 0 Å². The number of anilines is 1. The maximum Gasteiger partial charge on any atom is 0.355 e. The van der Waals surface area contributed by atoms with E-state index < -0.39 is 17.9 Å². The molecule has 1 atom stereocenters. The lowest BCUT2D eigenvalue weighted by atomic mass is 10.3. The number of rotatable bonds is 5. The van der Waals surface area contributed by atoms with Crippen LogP contribution in [0.4, 0.5) is 5.13 Å². The van der Waals surface area contributed by atoms with Gasteiger partial charge in [0, 0.05) is 17.8 Å². The molecule has 0 bridgehead atoms. The molecular weight excluding hydrogens is 270 g/mol. The van der Waals surface area contributed by atoms with Crippen molar-refractivity contribution in [2.45, 2.75) is 12.6 Å². The van der Waals surface area contributed by atoms with Crippen LogP contribution in [0.5, 0.6) is 0 Å². The van der Waals surface area contributed by atoms with Crippen molar-refractivity contribution < 1.29 is 14.7 Å². The number of nitrogens with two attached hydrogens (primary N) is 1. The van der Waals surface area contributed by atoms with E-state index in [1.807, 2.05) is 0 Å². The number of carbonyl (C=O) groups is 2. The van der Waals surface area contributed by atoms with Gasteiger partial charge in [-0.25, -0.2) is 9.78 Å². The van der Waals surface area contributed by atoms with E-state index in [0.717, 1.165) is 11.3 Å². The Morgan fingerprint density at radius 3 is 2.95 bits per heavy atom. The number of thiazole rings is 1. The molecule has 0 aliphatic heterocycles. The van der Waals surface area contributed by atoms with Gasteiger partial charge in [0.2, 0.25) is 5.91 Å². The third kappa shape index (κ3) is 3.36. The van der Waals surface area contributed by atoms with Gasteiger partial charge >= 0.3 is 5.97 Å². The Labute approximate surface area is 111 Å². The van der Waals surface area contributed by atoms with Crippen LogP contribution in [-0.4, -0.2) is 37.8 Å². The van der Waals surface area contributed by atoms with E-state index in [4.69, 9.17) is 10.8 Å². The molecule has 0 aromatic carbocycles. The predicted molar refractivity (Wildman–Crippen MR) is 67.9 cm³/mol. The highest BCUT2D eigenvalue weighted by molar-refractivity contribution is 7.14. The second-order valence-electron chi connectivity index (χ2n) is 3.67. The third-order valence-corrected chi connectivity index (χ3v) is 2.99. The Kier molecular flexibility index (Phi) is 3.88. The largest absolute Gasteiger partial charge is 0.476 e. The maximum atomic E-state index is 11.8. The molecule has 2 heterocycles. The van der Waals surface area contributed by atoms with Crippen LogP contribution in [0.15, 0.2) is 23.8 Å². The predicted octanol–water partition coefficient (Wildman–Crippen LogP) is 0.00380. The Morgan fingerprint density at radius 2 is 2.37 bits per heavy atom. The van der Waals surface area contributed by atoms with Crippen LogP contribution in [0.2, 0.25) is 0 Å². The summed E-state index contributed by atoms with van der Waals surface area (Å²) in [6.07, 6.45) is 3.28. The number of nitrogens with one attached hydrogen (secondary N) is 1. The average molecular weight is 281 g/mol. The van der Waals surface area contributed by atoms with Gasteiger partial charge in [0.05, 0.1) is 6.54 Å². The van der Waals surface area contributed by atoms with Crippen LogP contribution in [0, 0.1) is 0 Å². The summed E-state index contributed by atoms with van der Waals surface area (Å²) in [5.74, 6) is -1.58. The van der Waals surface area contributed by atoms with E-state index in [-0.39, 0.29) is 17.4 Å². The molecule has 0 aliphatic rings. The summed E-state index contributed by atoms with van der Waals surface area (Å²) in [6, 6.07) is 0.932. The Balaban J connectivity index is 1.94. The fourth-order valence-electron chi connectivity index (χ4n) is 1.32. The zero-order chi connectivity index (χ0) is 13.8. The number of carboxylic acids is 1. The van der Waals surface area contributed by atoms with Crippen molar-refractivity contribution >= 4 is 28.3 Å². The molecule has 19 heavy (non-hydrogen) atoms. The van der Waals surface area contributed by atoms with Crippen LogP contribution in [0.3, 0.4) is 0 Å². The summed E-state index contributed by atoms with van der Waals surface area (Å²) in [5.41, 5.74) is 5.60. The number of aromatic nitrogens is 3. The highest BCUT2D eigenvalue weighted by atomic mass is 32.1. The number of nitrogens with zero attached hydrogens (tertiary/aromatic N) is 3. The van der Waals surface area contributed by atoms with Gasteiger partial charge in [0.15, 0.2) is 10.8 Å². The first-order chi connectivity index (χ1) is 9.06. The van der Waals surface area contributed by atoms with Crippen molar-refractivity contribution in [3.63, 3.8) is 0 Å². The van der Waals surface area contributed by atoms with Gasteiger partial charge in [0.1, 0.15) is 6.04 Å². The molecule has 2 rings (SSSR count). The first kappa shape index (κ1) is 13.2. The van der Waals surface area contributed by atoms with Crippen LogP contribution in [-0.2, 0) is 11.3 Å². The minimum atomic E-state index is -1.14. The molecule has 0 aliphatic carbocycles. The first-order valence-corrected chi connectivity index (χ1v) is 6.17. The maximum absolute atomic E-state index is 11.8. The Hall–Kier alpha value is -2.26. The molecule has 8 nitrogen and oxygen atoms in total. The van der Waals surface area contributed by atoms with Gasteiger partial charge < -0.3 is 16.2 Å². The van der Waals surface area contributed by atoms with Crippen molar-refractivity contribution in [1.29, 1.82) is 0 Å². The van der Waals surface area contributed by atoms with E-state index >= 15 is 0 Å². The highest BCUT2D eigenvalue weighted by Gasteiger charge is 2.17. The van der Waals surface area contributed by atoms with E-state index in [1.165, 1.54) is 10.1 Å². The monoisotopic (exact) mass is 281 g/mol. The minimum Gasteiger partial charge on any atom is -0.476 e. The molecule has 0 spiro atoms. The van der Waals surface area contributed by atoms with Crippen LogP contribution in [0.1, 0.15) is 10.5 Å². The summed E-state index contributed by atoms with van der Waals surface area (Å²) < 4.78 is 1.54. The van der Waals surface area contributed by atoms with Crippen molar-refractivity contribution in [1.82, 2.24) is 14.8 Å². The zero-order valence-corrected chi connectivity index (χ0v) is 10.5. The van der Waals surface area contributed by atoms with Crippen LogP contribution >= 0.6 is 11.3 Å². The topological polar surface area (TPSA) is 123 Å². The summed E-state index contributed by atoms with van der Waals surface area (Å²) in [5, 5.41) is 16.7. The number of carbonyl (C=O) groups excluding carboxylic acids is 1. The van der Waals surface area contributed by atoms with Gasteiger partial charge in [-0.05, 0) is 6.07 Å². The Morgan fingerprint density at radius 1 is 1.58 bits per heavy atom. The Bertz CT molecular complexity index is 580. The molecule has 0 saturated heterocycles. The zero-order valence-electron chi connectivity index (χ0n) is 9.68. The third-order valence-electron chi connectivity index (χ3n) is 2.23. The number of hydrogen-bond acceptors (Lipinski definition) is 6. The first-order valence-electron chi connectivity index (χ1n) is 5.29. The quantitative estimate of drug-likeness (QED) is 0.709. The molecule has 9 heteroatoms. The second kappa shape index (κ2) is 5.59.